The van der Waals surface area contributed by atoms with E-state index in [0.717, 1.165) is 15.2 Å². The fraction of sp³-hybridized carbons (Fsp3) is 0. The van der Waals surface area contributed by atoms with Crippen LogP contribution in [0.1, 0.15) is 5.01 Å². The van der Waals surface area contributed by atoms with Crippen LogP contribution in [0.15, 0.2) is 24.3 Å². The topological polar surface area (TPSA) is 33.1 Å². The number of aromatic hydroxyl groups is 1. The standard InChI is InChI=1S/C11H7NOS/c1-2-3-4-11-12-9-6-5-8(13)7-10(9)14-11/h1,3-7,13H/b4-3+. The van der Waals surface area contributed by atoms with E-state index in [1.54, 1.807) is 30.4 Å². The first-order valence-corrected chi connectivity index (χ1v) is 4.83. The molecule has 1 aromatic heterocycles. The molecule has 14 heavy (non-hydrogen) atoms. The lowest BCUT2D eigenvalue weighted by molar-refractivity contribution is 0.476. The van der Waals surface area contributed by atoms with Gasteiger partial charge in [0.25, 0.3) is 0 Å². The number of phenols is 1. The lowest BCUT2D eigenvalue weighted by Crippen LogP contribution is -1.68. The van der Waals surface area contributed by atoms with Gasteiger partial charge in [-0.1, -0.05) is 5.92 Å². The van der Waals surface area contributed by atoms with Crippen molar-refractivity contribution in [3.8, 4) is 18.1 Å². The number of rotatable bonds is 1. The summed E-state index contributed by atoms with van der Waals surface area (Å²) < 4.78 is 0.960. The van der Waals surface area contributed by atoms with Crippen molar-refractivity contribution in [3.05, 3.63) is 29.3 Å². The van der Waals surface area contributed by atoms with Gasteiger partial charge in [0.2, 0.25) is 0 Å². The predicted molar refractivity (Wildman–Crippen MR) is 59.2 cm³/mol. The smallest absolute Gasteiger partial charge is 0.117 e. The number of hydrogen-bond donors (Lipinski definition) is 1. The molecule has 0 spiro atoms. The minimum Gasteiger partial charge on any atom is -0.508 e. The highest BCUT2D eigenvalue weighted by Gasteiger charge is 2.01. The average molecular weight is 201 g/mol. The van der Waals surface area contributed by atoms with E-state index in [2.05, 4.69) is 10.9 Å². The molecular weight excluding hydrogens is 194 g/mol. The Morgan fingerprint density at radius 3 is 3.14 bits per heavy atom. The first-order valence-electron chi connectivity index (χ1n) is 4.02. The van der Waals surface area contributed by atoms with Gasteiger partial charge in [0, 0.05) is 0 Å². The lowest BCUT2D eigenvalue weighted by atomic mass is 10.3. The van der Waals surface area contributed by atoms with Crippen LogP contribution in [-0.2, 0) is 0 Å². The normalized spacial score (nSPS) is 10.8. The van der Waals surface area contributed by atoms with Gasteiger partial charge >= 0.3 is 0 Å². The van der Waals surface area contributed by atoms with E-state index in [-0.39, 0.29) is 5.75 Å². The van der Waals surface area contributed by atoms with Gasteiger partial charge in [0.15, 0.2) is 0 Å². The van der Waals surface area contributed by atoms with Gasteiger partial charge < -0.3 is 5.11 Å². The number of allylic oxidation sites excluding steroid dienone is 1. The SMILES string of the molecule is C#C/C=C/c1nc2ccc(O)cc2s1. The number of fused-ring (bicyclic) bond motifs is 1. The number of benzene rings is 1. The summed E-state index contributed by atoms with van der Waals surface area (Å²) in [5, 5.41) is 10.1. The molecule has 0 unspecified atom stereocenters. The zero-order valence-electron chi connectivity index (χ0n) is 7.27. The molecule has 2 nitrogen and oxygen atoms in total. The van der Waals surface area contributed by atoms with Gasteiger partial charge in [0.05, 0.1) is 10.2 Å². The molecule has 0 bridgehead atoms. The van der Waals surface area contributed by atoms with Crippen LogP contribution in [0.5, 0.6) is 5.75 Å². The van der Waals surface area contributed by atoms with Crippen molar-refractivity contribution in [1.29, 1.82) is 0 Å². The van der Waals surface area contributed by atoms with Gasteiger partial charge in [-0.25, -0.2) is 4.98 Å². The first kappa shape index (κ1) is 8.79. The van der Waals surface area contributed by atoms with Crippen molar-refractivity contribution in [2.24, 2.45) is 0 Å². The summed E-state index contributed by atoms with van der Waals surface area (Å²) in [7, 11) is 0. The van der Waals surface area contributed by atoms with Crippen LogP contribution in [0.25, 0.3) is 16.3 Å². The molecule has 0 aliphatic carbocycles. The molecule has 2 rings (SSSR count). The molecule has 0 aliphatic rings. The minimum absolute atomic E-state index is 0.258. The van der Waals surface area contributed by atoms with Crippen LogP contribution in [0.3, 0.4) is 0 Å². The zero-order valence-corrected chi connectivity index (χ0v) is 8.08. The first-order chi connectivity index (χ1) is 6.79. The maximum Gasteiger partial charge on any atom is 0.117 e. The zero-order chi connectivity index (χ0) is 9.97. The van der Waals surface area contributed by atoms with Crippen molar-refractivity contribution in [3.63, 3.8) is 0 Å². The summed E-state index contributed by atoms with van der Waals surface area (Å²) in [6, 6.07) is 5.10. The molecule has 1 heterocycles. The quantitative estimate of drug-likeness (QED) is 0.719. The number of thiazole rings is 1. The Bertz CT molecular complexity index is 534. The molecule has 68 valence electrons. The van der Waals surface area contributed by atoms with Gasteiger partial charge in [-0.2, -0.15) is 0 Å². The van der Waals surface area contributed by atoms with Crippen LogP contribution in [-0.4, -0.2) is 10.1 Å². The number of terminal acetylenes is 1. The van der Waals surface area contributed by atoms with Crippen LogP contribution >= 0.6 is 11.3 Å². The van der Waals surface area contributed by atoms with Crippen molar-refractivity contribution in [1.82, 2.24) is 4.98 Å². The number of aromatic nitrogens is 1. The van der Waals surface area contributed by atoms with E-state index in [1.807, 2.05) is 0 Å². The summed E-state index contributed by atoms with van der Waals surface area (Å²) in [5.41, 5.74) is 0.879. The Morgan fingerprint density at radius 1 is 1.50 bits per heavy atom. The Hall–Kier alpha value is -1.79. The maximum atomic E-state index is 9.24. The Morgan fingerprint density at radius 2 is 2.36 bits per heavy atom. The number of hydrogen-bond acceptors (Lipinski definition) is 3. The summed E-state index contributed by atoms with van der Waals surface area (Å²) in [6.45, 7) is 0. The largest absolute Gasteiger partial charge is 0.508 e. The van der Waals surface area contributed by atoms with Gasteiger partial charge in [-0.15, -0.1) is 17.8 Å². The molecule has 0 radical (unpaired) electrons. The third-order valence-electron chi connectivity index (χ3n) is 1.71. The van der Waals surface area contributed by atoms with E-state index >= 15 is 0 Å². The van der Waals surface area contributed by atoms with Gasteiger partial charge in [-0.3, -0.25) is 0 Å². The van der Waals surface area contributed by atoms with Gasteiger partial charge in [-0.05, 0) is 30.4 Å². The van der Waals surface area contributed by atoms with Crippen LogP contribution < -0.4 is 0 Å². The summed E-state index contributed by atoms with van der Waals surface area (Å²) >= 11 is 1.50. The molecule has 0 atom stereocenters. The lowest BCUT2D eigenvalue weighted by Gasteiger charge is -1.87. The van der Waals surface area contributed by atoms with Crippen molar-refractivity contribution in [2.75, 3.05) is 0 Å². The second-order valence-electron chi connectivity index (χ2n) is 2.70. The van der Waals surface area contributed by atoms with Crippen molar-refractivity contribution >= 4 is 27.6 Å². The molecule has 1 aromatic carbocycles. The highest BCUT2D eigenvalue weighted by atomic mass is 32.1. The summed E-state index contributed by atoms with van der Waals surface area (Å²) in [4.78, 5) is 4.32. The Balaban J connectivity index is 2.52. The number of nitrogens with zero attached hydrogens (tertiary/aromatic N) is 1. The van der Waals surface area contributed by atoms with Crippen LogP contribution in [0.4, 0.5) is 0 Å². The van der Waals surface area contributed by atoms with Crippen molar-refractivity contribution < 1.29 is 5.11 Å². The molecule has 2 aromatic rings. The fourth-order valence-electron chi connectivity index (χ4n) is 1.12. The molecule has 1 N–H and O–H groups in total. The highest BCUT2D eigenvalue weighted by molar-refractivity contribution is 7.19. The Kier molecular flexibility index (Phi) is 2.21. The molecular formula is C11H7NOS. The molecule has 0 amide bonds. The van der Waals surface area contributed by atoms with Crippen LogP contribution in [0.2, 0.25) is 0 Å². The highest BCUT2D eigenvalue weighted by Crippen LogP contribution is 2.26. The second kappa shape index (κ2) is 3.52. The summed E-state index contributed by atoms with van der Waals surface area (Å²) in [6.07, 6.45) is 8.48. The Labute approximate surface area is 85.5 Å². The second-order valence-corrected chi connectivity index (χ2v) is 3.77. The third kappa shape index (κ3) is 1.61. The molecule has 0 fully saturated rings. The van der Waals surface area contributed by atoms with E-state index in [0.29, 0.717) is 0 Å². The van der Waals surface area contributed by atoms with E-state index < -0.39 is 0 Å². The number of phenolic OH excluding ortho intramolecular Hbond substituents is 1. The monoisotopic (exact) mass is 201 g/mol. The fourth-order valence-corrected chi connectivity index (χ4v) is 2.03. The predicted octanol–water partition coefficient (Wildman–Crippen LogP) is 2.65. The maximum absolute atomic E-state index is 9.24. The molecule has 0 aliphatic heterocycles. The van der Waals surface area contributed by atoms with E-state index in [4.69, 9.17) is 6.42 Å². The summed E-state index contributed by atoms with van der Waals surface area (Å²) in [5.74, 6) is 2.67. The van der Waals surface area contributed by atoms with E-state index in [9.17, 15) is 5.11 Å². The minimum atomic E-state index is 0.258. The van der Waals surface area contributed by atoms with Crippen LogP contribution in [0, 0.1) is 12.3 Å². The van der Waals surface area contributed by atoms with E-state index in [1.165, 1.54) is 11.3 Å². The van der Waals surface area contributed by atoms with Crippen molar-refractivity contribution in [2.45, 2.75) is 0 Å². The average Bonchev–Trinajstić information content (AvgIpc) is 2.56. The molecule has 3 heteroatoms. The molecule has 0 saturated heterocycles. The third-order valence-corrected chi connectivity index (χ3v) is 2.69. The van der Waals surface area contributed by atoms with Gasteiger partial charge in [0.1, 0.15) is 10.8 Å². The molecule has 0 saturated carbocycles.